The minimum atomic E-state index is -0.629. The summed E-state index contributed by atoms with van der Waals surface area (Å²) in [5.74, 6) is 0.558. The van der Waals surface area contributed by atoms with Gasteiger partial charge in [0, 0.05) is 16.7 Å². The highest BCUT2D eigenvalue weighted by Gasteiger charge is 2.24. The van der Waals surface area contributed by atoms with Crippen molar-refractivity contribution in [1.29, 1.82) is 5.26 Å². The number of carbonyl (C=O) groups excluding carboxylic acids is 1. The zero-order chi connectivity index (χ0) is 16.9. The molecule has 0 saturated heterocycles. The van der Waals surface area contributed by atoms with E-state index in [1.54, 1.807) is 13.0 Å². The number of nitriles is 1. The molecule has 2 aromatic rings. The molecule has 24 heavy (non-hydrogen) atoms. The van der Waals surface area contributed by atoms with Gasteiger partial charge in [-0.25, -0.2) is 4.79 Å². The maximum atomic E-state index is 12.2. The molecule has 0 atom stereocenters. The number of esters is 1. The van der Waals surface area contributed by atoms with E-state index in [0.29, 0.717) is 22.6 Å². The quantitative estimate of drug-likeness (QED) is 0.488. The summed E-state index contributed by atoms with van der Waals surface area (Å²) in [6.45, 7) is 1.92. The average molecular weight is 317 g/mol. The molecule has 0 aliphatic carbocycles. The Hall–Kier alpha value is -3.32. The lowest BCUT2D eigenvalue weighted by molar-refractivity contribution is -0.137. The molecular weight excluding hydrogens is 302 g/mol. The number of nitrogens with zero attached hydrogens (tertiary/aromatic N) is 1. The van der Waals surface area contributed by atoms with Crippen LogP contribution in [-0.4, -0.2) is 12.6 Å². The summed E-state index contributed by atoms with van der Waals surface area (Å²) >= 11 is 0. The predicted molar refractivity (Wildman–Crippen MR) is 90.7 cm³/mol. The number of rotatable bonds is 3. The molecule has 1 aliphatic heterocycles. The standard InChI is InChI=1S/C20H15NO3/c1-2-23-20(22)17(13-21)16-12-19(14-8-4-3-5-9-14)24-18-11-7-6-10-15(16)18/h3-12H,2H2,1H3/b17-16+. The van der Waals surface area contributed by atoms with E-state index in [0.717, 1.165) is 5.56 Å². The van der Waals surface area contributed by atoms with Gasteiger partial charge in [0.2, 0.25) is 0 Å². The van der Waals surface area contributed by atoms with Crippen LogP contribution in [0.25, 0.3) is 11.3 Å². The molecule has 1 heterocycles. The van der Waals surface area contributed by atoms with Crippen LogP contribution in [0.2, 0.25) is 0 Å². The third-order valence-electron chi connectivity index (χ3n) is 3.59. The minimum Gasteiger partial charge on any atom is -0.462 e. The van der Waals surface area contributed by atoms with Crippen LogP contribution in [0.5, 0.6) is 5.75 Å². The van der Waals surface area contributed by atoms with Crippen LogP contribution in [0.4, 0.5) is 0 Å². The Morgan fingerprint density at radius 2 is 1.83 bits per heavy atom. The highest BCUT2D eigenvalue weighted by atomic mass is 16.5. The molecule has 0 fully saturated rings. The first-order valence-corrected chi connectivity index (χ1v) is 7.60. The van der Waals surface area contributed by atoms with Gasteiger partial charge < -0.3 is 9.47 Å². The molecule has 0 radical (unpaired) electrons. The first-order valence-electron chi connectivity index (χ1n) is 7.60. The van der Waals surface area contributed by atoms with E-state index < -0.39 is 5.97 Å². The number of para-hydroxylation sites is 1. The van der Waals surface area contributed by atoms with Crippen molar-refractivity contribution in [1.82, 2.24) is 0 Å². The van der Waals surface area contributed by atoms with Crippen LogP contribution in [0.15, 0.2) is 66.2 Å². The molecule has 118 valence electrons. The second-order valence-electron chi connectivity index (χ2n) is 5.09. The highest BCUT2D eigenvalue weighted by Crippen LogP contribution is 2.38. The van der Waals surface area contributed by atoms with E-state index >= 15 is 0 Å². The minimum absolute atomic E-state index is 0.0268. The van der Waals surface area contributed by atoms with Crippen LogP contribution < -0.4 is 4.74 Å². The zero-order valence-electron chi connectivity index (χ0n) is 13.2. The lowest BCUT2D eigenvalue weighted by atomic mass is 9.95. The second kappa shape index (κ2) is 6.84. The van der Waals surface area contributed by atoms with Gasteiger partial charge in [0.15, 0.2) is 0 Å². The van der Waals surface area contributed by atoms with Gasteiger partial charge in [-0.15, -0.1) is 0 Å². The maximum Gasteiger partial charge on any atom is 0.349 e. The van der Waals surface area contributed by atoms with Crippen LogP contribution in [0, 0.1) is 11.3 Å². The van der Waals surface area contributed by atoms with Gasteiger partial charge in [0.1, 0.15) is 23.2 Å². The van der Waals surface area contributed by atoms with Crippen molar-refractivity contribution < 1.29 is 14.3 Å². The van der Waals surface area contributed by atoms with Crippen LogP contribution in [-0.2, 0) is 9.53 Å². The van der Waals surface area contributed by atoms with E-state index in [1.165, 1.54) is 0 Å². The molecule has 0 unspecified atom stereocenters. The van der Waals surface area contributed by atoms with Gasteiger partial charge in [-0.05, 0) is 19.1 Å². The first-order chi connectivity index (χ1) is 11.7. The number of hydrogen-bond donors (Lipinski definition) is 0. The Morgan fingerprint density at radius 1 is 1.12 bits per heavy atom. The molecule has 1 aliphatic rings. The summed E-state index contributed by atoms with van der Waals surface area (Å²) in [7, 11) is 0. The average Bonchev–Trinajstić information content (AvgIpc) is 2.63. The lowest BCUT2D eigenvalue weighted by Crippen LogP contribution is -2.11. The number of fused-ring (bicyclic) bond motifs is 1. The summed E-state index contributed by atoms with van der Waals surface area (Å²) in [6.07, 6.45) is 1.72. The van der Waals surface area contributed by atoms with Gasteiger partial charge in [-0.1, -0.05) is 48.5 Å². The Morgan fingerprint density at radius 3 is 2.54 bits per heavy atom. The molecule has 4 heteroatoms. The summed E-state index contributed by atoms with van der Waals surface area (Å²) < 4.78 is 11.0. The molecule has 0 bridgehead atoms. The van der Waals surface area contributed by atoms with Gasteiger partial charge in [-0.3, -0.25) is 0 Å². The molecule has 0 aromatic heterocycles. The topological polar surface area (TPSA) is 59.3 Å². The third-order valence-corrected chi connectivity index (χ3v) is 3.59. The Labute approximate surface area is 140 Å². The third kappa shape index (κ3) is 2.92. The highest BCUT2D eigenvalue weighted by molar-refractivity contribution is 6.06. The fourth-order valence-corrected chi connectivity index (χ4v) is 2.51. The SMILES string of the molecule is CCOC(=O)/C(C#N)=C1\C=C(c2ccccc2)Oc2ccccc21. The van der Waals surface area contributed by atoms with E-state index in [4.69, 9.17) is 9.47 Å². The zero-order valence-corrected chi connectivity index (χ0v) is 13.2. The summed E-state index contributed by atoms with van der Waals surface area (Å²) in [5, 5.41) is 9.48. The summed E-state index contributed by atoms with van der Waals surface area (Å²) in [5.41, 5.74) is 2.05. The largest absolute Gasteiger partial charge is 0.462 e. The van der Waals surface area contributed by atoms with Crippen LogP contribution in [0.1, 0.15) is 18.1 Å². The van der Waals surface area contributed by atoms with Crippen LogP contribution in [0.3, 0.4) is 0 Å². The van der Waals surface area contributed by atoms with Crippen molar-refractivity contribution in [3.8, 4) is 11.8 Å². The molecule has 3 rings (SSSR count). The summed E-state index contributed by atoms with van der Waals surface area (Å²) in [4.78, 5) is 12.2. The molecule has 2 aromatic carbocycles. The summed E-state index contributed by atoms with van der Waals surface area (Å²) in [6, 6.07) is 18.8. The predicted octanol–water partition coefficient (Wildman–Crippen LogP) is 3.96. The lowest BCUT2D eigenvalue weighted by Gasteiger charge is -2.21. The monoisotopic (exact) mass is 317 g/mol. The number of ether oxygens (including phenoxy) is 2. The smallest absolute Gasteiger partial charge is 0.349 e. The van der Waals surface area contributed by atoms with Crippen molar-refractivity contribution in [2.45, 2.75) is 6.92 Å². The van der Waals surface area contributed by atoms with Gasteiger partial charge in [0.25, 0.3) is 0 Å². The fraction of sp³-hybridized carbons (Fsp3) is 0.100. The van der Waals surface area contributed by atoms with Gasteiger partial charge in [0.05, 0.1) is 6.61 Å². The van der Waals surface area contributed by atoms with Crippen molar-refractivity contribution in [3.05, 3.63) is 77.4 Å². The molecule has 4 nitrogen and oxygen atoms in total. The van der Waals surface area contributed by atoms with E-state index in [-0.39, 0.29) is 12.2 Å². The molecule has 0 N–H and O–H groups in total. The number of hydrogen-bond acceptors (Lipinski definition) is 4. The number of benzene rings is 2. The number of carbonyl (C=O) groups is 1. The molecule has 0 spiro atoms. The van der Waals surface area contributed by atoms with Crippen molar-refractivity contribution >= 4 is 17.3 Å². The van der Waals surface area contributed by atoms with Crippen molar-refractivity contribution in [2.75, 3.05) is 6.61 Å². The molecule has 0 amide bonds. The van der Waals surface area contributed by atoms with E-state index in [1.807, 2.05) is 60.7 Å². The Balaban J connectivity index is 2.20. The fourth-order valence-electron chi connectivity index (χ4n) is 2.51. The normalized spacial score (nSPS) is 14.6. The number of allylic oxidation sites excluding steroid dienone is 2. The second-order valence-corrected chi connectivity index (χ2v) is 5.09. The maximum absolute atomic E-state index is 12.2. The first kappa shape index (κ1) is 15.6. The Kier molecular flexibility index (Phi) is 4.44. The van der Waals surface area contributed by atoms with E-state index in [2.05, 4.69) is 0 Å². The van der Waals surface area contributed by atoms with E-state index in [9.17, 15) is 10.1 Å². The Bertz CT molecular complexity index is 873. The van der Waals surface area contributed by atoms with Gasteiger partial charge in [-0.2, -0.15) is 5.26 Å². The molecular formula is C20H15NO3. The van der Waals surface area contributed by atoms with Crippen molar-refractivity contribution in [3.63, 3.8) is 0 Å². The van der Waals surface area contributed by atoms with Crippen molar-refractivity contribution in [2.24, 2.45) is 0 Å². The van der Waals surface area contributed by atoms with Crippen LogP contribution >= 0.6 is 0 Å². The molecule has 0 saturated carbocycles. The van der Waals surface area contributed by atoms with Gasteiger partial charge >= 0.3 is 5.97 Å².